The topological polar surface area (TPSA) is 49.8 Å². The summed E-state index contributed by atoms with van der Waals surface area (Å²) in [7, 11) is 0. The quantitative estimate of drug-likeness (QED) is 0.915. The number of amides is 1. The van der Waals surface area contributed by atoms with Gasteiger partial charge in [-0.2, -0.15) is 0 Å². The molecule has 1 fully saturated rings. The van der Waals surface area contributed by atoms with Crippen molar-refractivity contribution in [2.24, 2.45) is 0 Å². The van der Waals surface area contributed by atoms with Gasteiger partial charge < -0.3 is 14.7 Å². The summed E-state index contributed by atoms with van der Waals surface area (Å²) in [6, 6.07) is 9.83. The van der Waals surface area contributed by atoms with E-state index < -0.39 is 5.60 Å². The van der Waals surface area contributed by atoms with Crippen molar-refractivity contribution in [2.45, 2.75) is 38.4 Å². The molecule has 2 rings (SSSR count). The second kappa shape index (κ2) is 6.86. The van der Waals surface area contributed by atoms with Gasteiger partial charge in [-0.1, -0.05) is 30.3 Å². The molecular formula is C16H23NO3. The lowest BCUT2D eigenvalue weighted by atomic mass is 9.98. The number of carbonyl (C=O) groups is 1. The van der Waals surface area contributed by atoms with Crippen molar-refractivity contribution in [1.29, 1.82) is 0 Å². The number of hydrogen-bond acceptors (Lipinski definition) is 3. The van der Waals surface area contributed by atoms with Crippen LogP contribution in [0.3, 0.4) is 0 Å². The summed E-state index contributed by atoms with van der Waals surface area (Å²) in [5.74, 6) is 0.0126. The molecule has 4 heteroatoms. The fraction of sp³-hybridized carbons (Fsp3) is 0.562. The Morgan fingerprint density at radius 2 is 2.05 bits per heavy atom. The zero-order valence-electron chi connectivity index (χ0n) is 12.0. The van der Waals surface area contributed by atoms with Crippen LogP contribution in [-0.2, 0) is 16.1 Å². The van der Waals surface area contributed by atoms with Crippen molar-refractivity contribution < 1.29 is 14.6 Å². The summed E-state index contributed by atoms with van der Waals surface area (Å²) in [5, 5.41) is 10.0. The molecule has 1 aliphatic heterocycles. The lowest BCUT2D eigenvalue weighted by Crippen LogP contribution is -2.35. The molecule has 1 saturated heterocycles. The van der Waals surface area contributed by atoms with E-state index in [1.807, 2.05) is 37.3 Å². The zero-order valence-corrected chi connectivity index (χ0v) is 12.0. The Kier molecular flexibility index (Phi) is 5.15. The predicted molar refractivity (Wildman–Crippen MR) is 77.2 cm³/mol. The minimum absolute atomic E-state index is 0.0126. The Balaban J connectivity index is 1.74. The van der Waals surface area contributed by atoms with E-state index >= 15 is 0 Å². The third-order valence-electron chi connectivity index (χ3n) is 3.75. The molecule has 0 saturated carbocycles. The van der Waals surface area contributed by atoms with Crippen LogP contribution in [0.1, 0.15) is 31.7 Å². The number of nitrogens with zero attached hydrogens (tertiary/aromatic N) is 1. The highest BCUT2D eigenvalue weighted by atomic mass is 16.5. The molecule has 1 aromatic rings. The molecule has 1 amide bonds. The van der Waals surface area contributed by atoms with Crippen LogP contribution in [0.15, 0.2) is 30.3 Å². The molecule has 0 bridgehead atoms. The van der Waals surface area contributed by atoms with E-state index in [-0.39, 0.29) is 12.5 Å². The highest BCUT2D eigenvalue weighted by molar-refractivity contribution is 5.77. The molecule has 20 heavy (non-hydrogen) atoms. The van der Waals surface area contributed by atoms with Crippen molar-refractivity contribution >= 4 is 5.91 Å². The van der Waals surface area contributed by atoms with Crippen LogP contribution in [0.5, 0.6) is 0 Å². The Morgan fingerprint density at radius 1 is 1.30 bits per heavy atom. The highest BCUT2D eigenvalue weighted by Crippen LogP contribution is 2.21. The van der Waals surface area contributed by atoms with E-state index in [1.165, 1.54) is 0 Å². The standard InChI is InChI=1S/C16H23NO3/c1-16(19)8-5-10-17(11-9-16)15(18)13-20-12-14-6-3-2-4-7-14/h2-4,6-7,19H,5,8-13H2,1H3. The lowest BCUT2D eigenvalue weighted by molar-refractivity contribution is -0.136. The summed E-state index contributed by atoms with van der Waals surface area (Å²) in [4.78, 5) is 13.9. The molecule has 1 heterocycles. The number of benzene rings is 1. The van der Waals surface area contributed by atoms with Crippen LogP contribution in [0.25, 0.3) is 0 Å². The summed E-state index contributed by atoms with van der Waals surface area (Å²) < 4.78 is 5.47. The number of ether oxygens (including phenoxy) is 1. The number of likely N-dealkylation sites (tertiary alicyclic amines) is 1. The number of carbonyl (C=O) groups excluding carboxylic acids is 1. The molecule has 0 aromatic heterocycles. The first-order valence-electron chi connectivity index (χ1n) is 7.19. The molecule has 4 nitrogen and oxygen atoms in total. The number of aliphatic hydroxyl groups is 1. The third-order valence-corrected chi connectivity index (χ3v) is 3.75. The molecule has 1 unspecified atom stereocenters. The largest absolute Gasteiger partial charge is 0.390 e. The van der Waals surface area contributed by atoms with Crippen molar-refractivity contribution in [1.82, 2.24) is 4.90 Å². The van der Waals surface area contributed by atoms with E-state index in [1.54, 1.807) is 4.90 Å². The summed E-state index contributed by atoms with van der Waals surface area (Å²) in [6.45, 7) is 3.73. The van der Waals surface area contributed by atoms with Crippen LogP contribution in [0.2, 0.25) is 0 Å². The van der Waals surface area contributed by atoms with Crippen LogP contribution in [0, 0.1) is 0 Å². The van der Waals surface area contributed by atoms with Gasteiger partial charge >= 0.3 is 0 Å². The van der Waals surface area contributed by atoms with Gasteiger partial charge in [0.1, 0.15) is 6.61 Å². The van der Waals surface area contributed by atoms with E-state index in [0.717, 1.165) is 18.4 Å². The van der Waals surface area contributed by atoms with Crippen molar-refractivity contribution in [3.63, 3.8) is 0 Å². The highest BCUT2D eigenvalue weighted by Gasteiger charge is 2.26. The SMILES string of the molecule is CC1(O)CCCN(C(=O)COCc2ccccc2)CC1. The molecule has 0 radical (unpaired) electrons. The smallest absolute Gasteiger partial charge is 0.248 e. The maximum Gasteiger partial charge on any atom is 0.248 e. The van der Waals surface area contributed by atoms with E-state index in [9.17, 15) is 9.90 Å². The summed E-state index contributed by atoms with van der Waals surface area (Å²) >= 11 is 0. The monoisotopic (exact) mass is 277 g/mol. The molecule has 1 N–H and O–H groups in total. The first kappa shape index (κ1) is 15.0. The van der Waals surface area contributed by atoms with Crippen LogP contribution >= 0.6 is 0 Å². The Hall–Kier alpha value is -1.39. The van der Waals surface area contributed by atoms with Gasteiger partial charge in [-0.05, 0) is 31.7 Å². The first-order chi connectivity index (χ1) is 9.57. The first-order valence-corrected chi connectivity index (χ1v) is 7.19. The Labute approximate surface area is 120 Å². The lowest BCUT2D eigenvalue weighted by Gasteiger charge is -2.22. The average molecular weight is 277 g/mol. The fourth-order valence-electron chi connectivity index (χ4n) is 2.43. The van der Waals surface area contributed by atoms with Gasteiger partial charge in [0.05, 0.1) is 12.2 Å². The van der Waals surface area contributed by atoms with Gasteiger partial charge in [-0.15, -0.1) is 0 Å². The molecule has 0 spiro atoms. The summed E-state index contributed by atoms with van der Waals surface area (Å²) in [6.07, 6.45) is 2.23. The second-order valence-electron chi connectivity index (χ2n) is 5.71. The van der Waals surface area contributed by atoms with Gasteiger partial charge in [0.15, 0.2) is 0 Å². The molecular weight excluding hydrogens is 254 g/mol. The zero-order chi connectivity index (χ0) is 14.4. The van der Waals surface area contributed by atoms with E-state index in [0.29, 0.717) is 26.1 Å². The Morgan fingerprint density at radius 3 is 2.80 bits per heavy atom. The van der Waals surface area contributed by atoms with E-state index in [4.69, 9.17) is 4.74 Å². The predicted octanol–water partition coefficient (Wildman–Crippen LogP) is 1.97. The van der Waals surface area contributed by atoms with Crippen molar-refractivity contribution in [3.8, 4) is 0 Å². The van der Waals surface area contributed by atoms with Crippen LogP contribution < -0.4 is 0 Å². The van der Waals surface area contributed by atoms with Gasteiger partial charge in [0, 0.05) is 13.1 Å². The molecule has 1 aromatic carbocycles. The van der Waals surface area contributed by atoms with E-state index in [2.05, 4.69) is 0 Å². The third kappa shape index (κ3) is 4.62. The molecule has 0 aliphatic carbocycles. The minimum atomic E-state index is -0.639. The van der Waals surface area contributed by atoms with Gasteiger partial charge in [0.2, 0.25) is 5.91 Å². The van der Waals surface area contributed by atoms with Crippen LogP contribution in [-0.4, -0.2) is 41.2 Å². The summed E-state index contributed by atoms with van der Waals surface area (Å²) in [5.41, 5.74) is 0.430. The average Bonchev–Trinajstić information content (AvgIpc) is 2.61. The maximum absolute atomic E-state index is 12.1. The second-order valence-corrected chi connectivity index (χ2v) is 5.71. The van der Waals surface area contributed by atoms with Crippen molar-refractivity contribution in [3.05, 3.63) is 35.9 Å². The Bertz CT molecular complexity index is 431. The molecule has 1 aliphatic rings. The molecule has 110 valence electrons. The van der Waals surface area contributed by atoms with Crippen molar-refractivity contribution in [2.75, 3.05) is 19.7 Å². The minimum Gasteiger partial charge on any atom is -0.390 e. The molecule has 1 atom stereocenters. The normalized spacial score (nSPS) is 23.4. The maximum atomic E-state index is 12.1. The van der Waals surface area contributed by atoms with Gasteiger partial charge in [-0.25, -0.2) is 0 Å². The van der Waals surface area contributed by atoms with Crippen LogP contribution in [0.4, 0.5) is 0 Å². The number of rotatable bonds is 4. The van der Waals surface area contributed by atoms with Gasteiger partial charge in [-0.3, -0.25) is 4.79 Å². The van der Waals surface area contributed by atoms with Gasteiger partial charge in [0.25, 0.3) is 0 Å². The number of hydrogen-bond donors (Lipinski definition) is 1. The fourth-order valence-corrected chi connectivity index (χ4v) is 2.43.